The van der Waals surface area contributed by atoms with Gasteiger partial charge in [-0.25, -0.2) is 0 Å². The van der Waals surface area contributed by atoms with Crippen molar-refractivity contribution in [1.82, 2.24) is 10.6 Å². The van der Waals surface area contributed by atoms with E-state index in [4.69, 9.17) is 0 Å². The Bertz CT molecular complexity index is 585. The van der Waals surface area contributed by atoms with Crippen LogP contribution in [0.3, 0.4) is 0 Å². The number of rotatable bonds is 5. The Morgan fingerprint density at radius 2 is 1.82 bits per heavy atom. The molecule has 1 fully saturated rings. The van der Waals surface area contributed by atoms with Crippen LogP contribution in [0.5, 0.6) is 0 Å². The second-order valence-corrected chi connectivity index (χ2v) is 5.97. The molecule has 1 saturated heterocycles. The quantitative estimate of drug-likeness (QED) is 0.794. The van der Waals surface area contributed by atoms with Gasteiger partial charge in [0.25, 0.3) is 0 Å². The second kappa shape index (κ2) is 7.54. The summed E-state index contributed by atoms with van der Waals surface area (Å²) in [4.78, 5) is 0. The number of nitrogens with one attached hydrogen (secondary N) is 2. The topological polar surface area (TPSA) is 44.3 Å². The lowest BCUT2D eigenvalue weighted by molar-refractivity contribution is 0.0813. The van der Waals surface area contributed by atoms with Crippen molar-refractivity contribution >= 4 is 0 Å². The summed E-state index contributed by atoms with van der Waals surface area (Å²) >= 11 is 0. The molecule has 0 spiro atoms. The van der Waals surface area contributed by atoms with E-state index < -0.39 is 0 Å². The minimum atomic E-state index is -0.231. The molecule has 0 aromatic heterocycles. The molecule has 3 N–H and O–H groups in total. The number of aliphatic hydroxyl groups excluding tert-OH is 1. The molecule has 2 atom stereocenters. The third-order valence-electron chi connectivity index (χ3n) is 4.41. The Kier molecular flexibility index (Phi) is 5.22. The molecule has 2 aromatic rings. The van der Waals surface area contributed by atoms with Crippen molar-refractivity contribution < 1.29 is 5.11 Å². The van der Waals surface area contributed by atoms with E-state index in [1.54, 1.807) is 0 Å². The summed E-state index contributed by atoms with van der Waals surface area (Å²) in [5.41, 5.74) is 3.83. The zero-order valence-electron chi connectivity index (χ0n) is 12.8. The monoisotopic (exact) mass is 296 g/mol. The standard InChI is InChI=1S/C19H24N2O/c22-19-14-20-11-10-17(19)13-21-12-16-8-4-5-9-18(16)15-6-2-1-3-7-15/h1-9,17,19-22H,10-14H2/t17-,19+/m0/s1. The van der Waals surface area contributed by atoms with Crippen LogP contribution in [0.4, 0.5) is 0 Å². The van der Waals surface area contributed by atoms with E-state index in [2.05, 4.69) is 59.2 Å². The van der Waals surface area contributed by atoms with E-state index in [1.807, 2.05) is 6.07 Å². The van der Waals surface area contributed by atoms with E-state index in [0.29, 0.717) is 12.5 Å². The summed E-state index contributed by atoms with van der Waals surface area (Å²) in [6.07, 6.45) is 0.805. The highest BCUT2D eigenvalue weighted by atomic mass is 16.3. The molecule has 0 unspecified atom stereocenters. The van der Waals surface area contributed by atoms with Crippen LogP contribution in [0.25, 0.3) is 11.1 Å². The van der Waals surface area contributed by atoms with Crippen LogP contribution in [-0.2, 0) is 6.54 Å². The average molecular weight is 296 g/mol. The maximum absolute atomic E-state index is 10.00. The molecule has 116 valence electrons. The van der Waals surface area contributed by atoms with Crippen LogP contribution >= 0.6 is 0 Å². The molecule has 0 saturated carbocycles. The zero-order chi connectivity index (χ0) is 15.2. The molecule has 22 heavy (non-hydrogen) atoms. The first-order chi connectivity index (χ1) is 10.8. The highest BCUT2D eigenvalue weighted by molar-refractivity contribution is 5.67. The molecule has 1 aliphatic heterocycles. The lowest BCUT2D eigenvalue weighted by Gasteiger charge is -2.28. The molecule has 0 radical (unpaired) electrons. The lowest BCUT2D eigenvalue weighted by Crippen LogP contribution is -2.44. The summed E-state index contributed by atoms with van der Waals surface area (Å²) in [5, 5.41) is 16.7. The molecular weight excluding hydrogens is 272 g/mol. The van der Waals surface area contributed by atoms with Gasteiger partial charge in [0.1, 0.15) is 0 Å². The summed E-state index contributed by atoms with van der Waals surface area (Å²) in [6, 6.07) is 19.0. The van der Waals surface area contributed by atoms with E-state index >= 15 is 0 Å². The van der Waals surface area contributed by atoms with Crippen molar-refractivity contribution in [3.8, 4) is 11.1 Å². The van der Waals surface area contributed by atoms with Crippen LogP contribution in [0.1, 0.15) is 12.0 Å². The average Bonchev–Trinajstić information content (AvgIpc) is 2.58. The predicted octanol–water partition coefficient (Wildman–Crippen LogP) is 2.41. The summed E-state index contributed by atoms with van der Waals surface area (Å²) in [5.74, 6) is 0.352. The van der Waals surface area contributed by atoms with Gasteiger partial charge in [0, 0.05) is 19.6 Å². The van der Waals surface area contributed by atoms with Gasteiger partial charge in [0.15, 0.2) is 0 Å². The first-order valence-electron chi connectivity index (χ1n) is 8.07. The molecule has 0 amide bonds. The summed E-state index contributed by atoms with van der Waals surface area (Å²) in [7, 11) is 0. The van der Waals surface area contributed by atoms with Gasteiger partial charge in [0.05, 0.1) is 6.10 Å². The third-order valence-corrected chi connectivity index (χ3v) is 4.41. The van der Waals surface area contributed by atoms with Crippen LogP contribution in [-0.4, -0.2) is 30.8 Å². The Hall–Kier alpha value is -1.68. The van der Waals surface area contributed by atoms with Gasteiger partial charge >= 0.3 is 0 Å². The van der Waals surface area contributed by atoms with Gasteiger partial charge in [-0.15, -0.1) is 0 Å². The Morgan fingerprint density at radius 1 is 1.05 bits per heavy atom. The molecule has 1 aliphatic rings. The lowest BCUT2D eigenvalue weighted by atomic mass is 9.94. The predicted molar refractivity (Wildman–Crippen MR) is 90.6 cm³/mol. The first kappa shape index (κ1) is 15.2. The maximum atomic E-state index is 10.00. The first-order valence-corrected chi connectivity index (χ1v) is 8.07. The molecular formula is C19H24N2O. The SMILES string of the molecule is O[C@@H]1CNCC[C@H]1CNCc1ccccc1-c1ccccc1. The van der Waals surface area contributed by atoms with Gasteiger partial charge in [-0.05, 0) is 35.6 Å². The molecule has 2 aromatic carbocycles. The molecule has 0 bridgehead atoms. The van der Waals surface area contributed by atoms with Gasteiger partial charge < -0.3 is 15.7 Å². The highest BCUT2D eigenvalue weighted by Gasteiger charge is 2.22. The molecule has 0 aliphatic carbocycles. The Morgan fingerprint density at radius 3 is 2.64 bits per heavy atom. The Balaban J connectivity index is 1.63. The Labute approximate surface area is 132 Å². The van der Waals surface area contributed by atoms with E-state index in [-0.39, 0.29) is 6.10 Å². The summed E-state index contributed by atoms with van der Waals surface area (Å²) in [6.45, 7) is 3.42. The van der Waals surface area contributed by atoms with Crippen molar-refractivity contribution in [2.24, 2.45) is 5.92 Å². The fourth-order valence-electron chi connectivity index (χ4n) is 3.10. The van der Waals surface area contributed by atoms with Crippen molar-refractivity contribution in [3.05, 3.63) is 60.2 Å². The fourth-order valence-corrected chi connectivity index (χ4v) is 3.10. The second-order valence-electron chi connectivity index (χ2n) is 5.97. The number of β-amino-alcohol motifs (C(OH)–C–C–N with tert-alkyl or cyclic N) is 1. The minimum Gasteiger partial charge on any atom is -0.391 e. The van der Waals surface area contributed by atoms with Gasteiger partial charge in [0.2, 0.25) is 0 Å². The third kappa shape index (κ3) is 3.74. The minimum absolute atomic E-state index is 0.231. The number of benzene rings is 2. The van der Waals surface area contributed by atoms with Crippen molar-refractivity contribution in [2.45, 2.75) is 19.1 Å². The maximum Gasteiger partial charge on any atom is 0.0705 e. The van der Waals surface area contributed by atoms with Crippen LogP contribution in [0.15, 0.2) is 54.6 Å². The van der Waals surface area contributed by atoms with E-state index in [0.717, 1.165) is 26.1 Å². The number of piperidine rings is 1. The largest absolute Gasteiger partial charge is 0.391 e. The molecule has 3 nitrogen and oxygen atoms in total. The van der Waals surface area contributed by atoms with Crippen LogP contribution in [0.2, 0.25) is 0 Å². The molecule has 3 rings (SSSR count). The van der Waals surface area contributed by atoms with Gasteiger partial charge in [-0.1, -0.05) is 54.6 Å². The van der Waals surface area contributed by atoms with Crippen LogP contribution in [0, 0.1) is 5.92 Å². The number of aliphatic hydroxyl groups is 1. The normalized spacial score (nSPS) is 21.7. The van der Waals surface area contributed by atoms with Crippen molar-refractivity contribution in [2.75, 3.05) is 19.6 Å². The van der Waals surface area contributed by atoms with Gasteiger partial charge in [-0.3, -0.25) is 0 Å². The van der Waals surface area contributed by atoms with Crippen LogP contribution < -0.4 is 10.6 Å². The summed E-state index contributed by atoms with van der Waals surface area (Å²) < 4.78 is 0. The van der Waals surface area contributed by atoms with Crippen molar-refractivity contribution in [1.29, 1.82) is 0 Å². The van der Waals surface area contributed by atoms with Crippen molar-refractivity contribution in [3.63, 3.8) is 0 Å². The zero-order valence-corrected chi connectivity index (χ0v) is 12.8. The van der Waals surface area contributed by atoms with E-state index in [1.165, 1.54) is 16.7 Å². The number of hydrogen-bond donors (Lipinski definition) is 3. The molecule has 1 heterocycles. The van der Waals surface area contributed by atoms with Gasteiger partial charge in [-0.2, -0.15) is 0 Å². The number of hydrogen-bond acceptors (Lipinski definition) is 3. The highest BCUT2D eigenvalue weighted by Crippen LogP contribution is 2.23. The fraction of sp³-hybridized carbons (Fsp3) is 0.368. The molecule has 3 heteroatoms. The smallest absolute Gasteiger partial charge is 0.0705 e. The van der Waals surface area contributed by atoms with E-state index in [9.17, 15) is 5.11 Å².